The Balaban J connectivity index is 2.94. The molecule has 0 aliphatic heterocycles. The third-order valence-corrected chi connectivity index (χ3v) is 2.38. The first kappa shape index (κ1) is 15.5. The number of aliphatic hydroxyl groups is 2. The minimum absolute atomic E-state index is 0.00873. The molecule has 0 fully saturated rings. The summed E-state index contributed by atoms with van der Waals surface area (Å²) >= 11 is 0. The van der Waals surface area contributed by atoms with Crippen LogP contribution >= 0.6 is 0 Å². The van der Waals surface area contributed by atoms with Crippen molar-refractivity contribution in [1.82, 2.24) is 0 Å². The molecule has 2 N–H and O–H groups in total. The number of carbonyl (C=O) groups is 1. The lowest BCUT2D eigenvalue weighted by Gasteiger charge is -2.17. The van der Waals surface area contributed by atoms with Crippen LogP contribution in [0.3, 0.4) is 0 Å². The molecule has 0 bridgehead atoms. The minimum Gasteiger partial charge on any atom is -0.464 e. The van der Waals surface area contributed by atoms with E-state index in [0.717, 1.165) is 12.1 Å². The number of carbonyl (C=O) groups excluding carboxylic acids is 1. The van der Waals surface area contributed by atoms with Crippen molar-refractivity contribution >= 4 is 5.97 Å². The fourth-order valence-corrected chi connectivity index (χ4v) is 1.44. The first-order valence-electron chi connectivity index (χ1n) is 5.47. The molecular formula is C12H13F3O4. The van der Waals surface area contributed by atoms with Gasteiger partial charge < -0.3 is 14.9 Å². The lowest BCUT2D eigenvalue weighted by atomic mass is 10.0. The Bertz CT molecular complexity index is 445. The number of hydrogen-bond acceptors (Lipinski definition) is 4. The molecule has 19 heavy (non-hydrogen) atoms. The van der Waals surface area contributed by atoms with Gasteiger partial charge in [0.15, 0.2) is 6.10 Å². The van der Waals surface area contributed by atoms with Crippen molar-refractivity contribution in [3.8, 4) is 0 Å². The molecule has 0 heterocycles. The molecule has 1 aromatic rings. The summed E-state index contributed by atoms with van der Waals surface area (Å²) in [5.74, 6) is -1.09. The van der Waals surface area contributed by atoms with Crippen LogP contribution in [0.25, 0.3) is 0 Å². The Kier molecular flexibility index (Phi) is 4.90. The molecule has 2 atom stereocenters. The molecule has 4 nitrogen and oxygen atoms in total. The third-order valence-electron chi connectivity index (χ3n) is 2.38. The quantitative estimate of drug-likeness (QED) is 0.822. The van der Waals surface area contributed by atoms with Crippen molar-refractivity contribution in [2.24, 2.45) is 0 Å². The maximum absolute atomic E-state index is 12.5. The van der Waals surface area contributed by atoms with E-state index in [0.29, 0.717) is 6.07 Å². The van der Waals surface area contributed by atoms with E-state index in [2.05, 4.69) is 4.74 Å². The summed E-state index contributed by atoms with van der Waals surface area (Å²) in [7, 11) is 0. The van der Waals surface area contributed by atoms with Crippen LogP contribution < -0.4 is 0 Å². The first-order chi connectivity index (χ1) is 8.77. The number of ether oxygens (including phenoxy) is 1. The van der Waals surface area contributed by atoms with E-state index in [4.69, 9.17) is 0 Å². The second-order valence-electron chi connectivity index (χ2n) is 3.76. The van der Waals surface area contributed by atoms with E-state index in [-0.39, 0.29) is 12.2 Å². The lowest BCUT2D eigenvalue weighted by molar-refractivity contribution is -0.159. The van der Waals surface area contributed by atoms with Crippen LogP contribution in [0.2, 0.25) is 0 Å². The average Bonchev–Trinajstić information content (AvgIpc) is 2.36. The van der Waals surface area contributed by atoms with Gasteiger partial charge in [0.25, 0.3) is 0 Å². The van der Waals surface area contributed by atoms with Gasteiger partial charge in [-0.25, -0.2) is 4.79 Å². The number of hydrogen-bond donors (Lipinski definition) is 2. The smallest absolute Gasteiger partial charge is 0.416 e. The molecule has 1 rings (SSSR count). The van der Waals surface area contributed by atoms with Crippen LogP contribution in [0.15, 0.2) is 24.3 Å². The highest BCUT2D eigenvalue weighted by Gasteiger charge is 2.32. The second-order valence-corrected chi connectivity index (χ2v) is 3.76. The molecule has 1 aromatic carbocycles. The van der Waals surface area contributed by atoms with Crippen LogP contribution in [0, 0.1) is 0 Å². The van der Waals surface area contributed by atoms with E-state index >= 15 is 0 Å². The zero-order valence-electron chi connectivity index (χ0n) is 10.0. The van der Waals surface area contributed by atoms with Gasteiger partial charge in [-0.15, -0.1) is 0 Å². The highest BCUT2D eigenvalue weighted by atomic mass is 19.4. The van der Waals surface area contributed by atoms with E-state index in [9.17, 15) is 28.2 Å². The van der Waals surface area contributed by atoms with E-state index < -0.39 is 29.9 Å². The average molecular weight is 278 g/mol. The highest BCUT2D eigenvalue weighted by Crippen LogP contribution is 2.31. The summed E-state index contributed by atoms with van der Waals surface area (Å²) in [5.41, 5.74) is -1.18. The van der Waals surface area contributed by atoms with Gasteiger partial charge >= 0.3 is 12.1 Å². The predicted molar refractivity (Wildman–Crippen MR) is 59.0 cm³/mol. The Hall–Kier alpha value is -1.60. The van der Waals surface area contributed by atoms with Crippen LogP contribution in [-0.2, 0) is 15.7 Å². The van der Waals surface area contributed by atoms with Gasteiger partial charge in [0, 0.05) is 0 Å². The van der Waals surface area contributed by atoms with Gasteiger partial charge in [-0.2, -0.15) is 13.2 Å². The van der Waals surface area contributed by atoms with Crippen molar-refractivity contribution < 1.29 is 32.9 Å². The number of alkyl halides is 3. The van der Waals surface area contributed by atoms with Gasteiger partial charge in [-0.3, -0.25) is 0 Å². The molecule has 0 aliphatic rings. The Morgan fingerprint density at radius 2 is 2.00 bits per heavy atom. The Morgan fingerprint density at radius 3 is 2.53 bits per heavy atom. The van der Waals surface area contributed by atoms with Crippen molar-refractivity contribution in [3.05, 3.63) is 35.4 Å². The fourth-order valence-electron chi connectivity index (χ4n) is 1.44. The molecule has 0 aromatic heterocycles. The van der Waals surface area contributed by atoms with Gasteiger partial charge in [0.1, 0.15) is 6.10 Å². The summed E-state index contributed by atoms with van der Waals surface area (Å²) in [6.07, 6.45) is -8.27. The van der Waals surface area contributed by atoms with Crippen LogP contribution in [0.1, 0.15) is 24.2 Å². The molecule has 0 saturated carbocycles. The summed E-state index contributed by atoms with van der Waals surface area (Å²) < 4.78 is 41.9. The van der Waals surface area contributed by atoms with Gasteiger partial charge in [-0.1, -0.05) is 12.1 Å². The van der Waals surface area contributed by atoms with E-state index in [1.807, 2.05) is 0 Å². The molecular weight excluding hydrogens is 265 g/mol. The lowest BCUT2D eigenvalue weighted by Crippen LogP contribution is -2.30. The maximum Gasteiger partial charge on any atom is 0.416 e. The van der Waals surface area contributed by atoms with Crippen LogP contribution in [0.4, 0.5) is 13.2 Å². The molecule has 7 heteroatoms. The molecule has 0 amide bonds. The summed E-state index contributed by atoms with van der Waals surface area (Å²) in [6.45, 7) is 1.49. The fraction of sp³-hybridized carbons (Fsp3) is 0.417. The zero-order valence-corrected chi connectivity index (χ0v) is 10.0. The van der Waals surface area contributed by atoms with Crippen LogP contribution in [0.5, 0.6) is 0 Å². The number of esters is 1. The first-order valence-corrected chi connectivity index (χ1v) is 5.47. The van der Waals surface area contributed by atoms with Gasteiger partial charge in [0.05, 0.1) is 12.2 Å². The van der Waals surface area contributed by atoms with Crippen LogP contribution in [-0.4, -0.2) is 28.9 Å². The molecule has 0 saturated heterocycles. The Morgan fingerprint density at radius 1 is 1.37 bits per heavy atom. The minimum atomic E-state index is -4.56. The number of benzene rings is 1. The standard InChI is InChI=1S/C12H13F3O4/c1-2-19-11(18)10(17)9(16)7-4-3-5-8(6-7)12(13,14)15/h3-6,9-10,16-17H,2H2,1H3. The van der Waals surface area contributed by atoms with Crippen molar-refractivity contribution in [2.75, 3.05) is 6.61 Å². The summed E-state index contributed by atoms with van der Waals surface area (Å²) in [5, 5.41) is 19.1. The molecule has 0 spiro atoms. The normalized spacial score (nSPS) is 14.8. The van der Waals surface area contributed by atoms with E-state index in [1.165, 1.54) is 13.0 Å². The summed E-state index contributed by atoms with van der Waals surface area (Å²) in [4.78, 5) is 11.2. The van der Waals surface area contributed by atoms with Gasteiger partial charge in [0.2, 0.25) is 0 Å². The van der Waals surface area contributed by atoms with Gasteiger partial charge in [-0.05, 0) is 24.6 Å². The highest BCUT2D eigenvalue weighted by molar-refractivity contribution is 5.75. The van der Waals surface area contributed by atoms with Crippen molar-refractivity contribution in [1.29, 1.82) is 0 Å². The zero-order chi connectivity index (χ0) is 14.6. The van der Waals surface area contributed by atoms with Crippen molar-refractivity contribution in [3.63, 3.8) is 0 Å². The molecule has 0 radical (unpaired) electrons. The largest absolute Gasteiger partial charge is 0.464 e. The van der Waals surface area contributed by atoms with E-state index in [1.54, 1.807) is 0 Å². The molecule has 106 valence electrons. The monoisotopic (exact) mass is 278 g/mol. The molecule has 0 aliphatic carbocycles. The van der Waals surface area contributed by atoms with Crippen molar-refractivity contribution in [2.45, 2.75) is 25.3 Å². The SMILES string of the molecule is CCOC(=O)C(O)C(O)c1cccc(C(F)(F)F)c1. The predicted octanol–water partition coefficient (Wildman–Crippen LogP) is 1.66. The Labute approximate surface area is 107 Å². The molecule has 2 unspecified atom stereocenters. The third kappa shape index (κ3) is 3.93. The summed E-state index contributed by atoms with van der Waals surface area (Å²) in [6, 6.07) is 3.77. The maximum atomic E-state index is 12.5. The second kappa shape index (κ2) is 6.03. The topological polar surface area (TPSA) is 66.8 Å². The number of halogens is 3. The number of aliphatic hydroxyl groups excluding tert-OH is 2. The number of rotatable bonds is 4.